The average molecular weight is 583 g/mol. The van der Waals surface area contributed by atoms with Crippen molar-refractivity contribution in [1.82, 2.24) is 30.5 Å². The molecular weight excluding hydrogens is 547 g/mol. The van der Waals surface area contributed by atoms with E-state index in [0.29, 0.717) is 43.4 Å². The number of rotatable bonds is 7. The molecule has 1 saturated carbocycles. The topological polar surface area (TPSA) is 170 Å². The fourth-order valence-electron chi connectivity index (χ4n) is 5.83. The monoisotopic (exact) mass is 582 g/mol. The van der Waals surface area contributed by atoms with Crippen LogP contribution in [0.4, 0.5) is 4.39 Å². The predicted molar refractivity (Wildman–Crippen MR) is 148 cm³/mol. The summed E-state index contributed by atoms with van der Waals surface area (Å²) in [7, 11) is 1.50. The Kier molecular flexibility index (Phi) is 7.50. The Morgan fingerprint density at radius 1 is 1.19 bits per heavy atom. The van der Waals surface area contributed by atoms with Crippen LogP contribution in [0.3, 0.4) is 0 Å². The van der Waals surface area contributed by atoms with Gasteiger partial charge in [0, 0.05) is 20.1 Å². The summed E-state index contributed by atoms with van der Waals surface area (Å²) in [5, 5.41) is 28.6. The molecule has 0 saturated heterocycles. The third kappa shape index (κ3) is 5.09. The molecule has 13 nitrogen and oxygen atoms in total. The number of halogens is 1. The predicted octanol–water partition coefficient (Wildman–Crippen LogP) is 1.42. The number of hydrogen-bond acceptors (Lipinski definition) is 9. The van der Waals surface area contributed by atoms with Gasteiger partial charge in [0.1, 0.15) is 17.2 Å². The van der Waals surface area contributed by atoms with Crippen molar-refractivity contribution < 1.29 is 23.9 Å². The molecule has 1 aromatic carbocycles. The molecule has 4 aliphatic rings. The second kappa shape index (κ2) is 10.8. The van der Waals surface area contributed by atoms with Gasteiger partial charge in [-0.3, -0.25) is 28.8 Å². The van der Waals surface area contributed by atoms with E-state index in [-0.39, 0.29) is 36.6 Å². The minimum absolute atomic E-state index is 0.0269. The summed E-state index contributed by atoms with van der Waals surface area (Å²) in [5.74, 6) is -2.27. The van der Waals surface area contributed by atoms with Crippen molar-refractivity contribution in [2.24, 2.45) is 16.3 Å². The molecule has 1 aliphatic carbocycles. The first-order chi connectivity index (χ1) is 19.9. The summed E-state index contributed by atoms with van der Waals surface area (Å²) < 4.78 is 15.0. The minimum atomic E-state index is -1.21. The van der Waals surface area contributed by atoms with Gasteiger partial charge in [0.2, 0.25) is 17.6 Å². The van der Waals surface area contributed by atoms with E-state index in [4.69, 9.17) is 0 Å². The van der Waals surface area contributed by atoms with Crippen LogP contribution in [0, 0.1) is 18.7 Å². The molecule has 0 spiro atoms. The molecular formula is C28H35FN8O5. The third-order valence-corrected chi connectivity index (χ3v) is 8.61. The second-order valence-corrected chi connectivity index (χ2v) is 11.8. The molecule has 6 rings (SSSR count). The Labute approximate surface area is 241 Å². The maximum absolute atomic E-state index is 13.8. The Bertz CT molecular complexity index is 1530. The van der Waals surface area contributed by atoms with Crippen molar-refractivity contribution in [2.75, 3.05) is 13.6 Å². The fraction of sp³-hybridized carbons (Fsp3) is 0.536. The van der Waals surface area contributed by atoms with Gasteiger partial charge < -0.3 is 21.1 Å². The number of amides is 3. The Balaban J connectivity index is 1.44. The molecule has 1 unspecified atom stereocenters. The first-order valence-corrected chi connectivity index (χ1v) is 14.0. The lowest BCUT2D eigenvalue weighted by molar-refractivity contribution is -0.135. The number of fused-ring (bicyclic) bond motifs is 2. The Morgan fingerprint density at radius 2 is 1.90 bits per heavy atom. The van der Waals surface area contributed by atoms with E-state index < -0.39 is 45.9 Å². The summed E-state index contributed by atoms with van der Waals surface area (Å²) >= 11 is 0. The lowest BCUT2D eigenvalue weighted by Gasteiger charge is -2.41. The summed E-state index contributed by atoms with van der Waals surface area (Å²) in [5.41, 5.74) is -2.42. The van der Waals surface area contributed by atoms with Crippen LogP contribution in [0.5, 0.6) is 5.75 Å². The van der Waals surface area contributed by atoms with Gasteiger partial charge in [-0.1, -0.05) is 17.4 Å². The van der Waals surface area contributed by atoms with Crippen molar-refractivity contribution in [3.8, 4) is 5.75 Å². The highest BCUT2D eigenvalue weighted by molar-refractivity contribution is 5.94. The number of aryl methyl sites for hydroxylation is 1. The van der Waals surface area contributed by atoms with Crippen molar-refractivity contribution >= 4 is 17.7 Å². The quantitative estimate of drug-likeness (QED) is 0.382. The maximum Gasteiger partial charge on any atom is 0.296 e. The largest absolute Gasteiger partial charge is 0.501 e. The lowest BCUT2D eigenvalue weighted by atomic mass is 9.77. The van der Waals surface area contributed by atoms with Gasteiger partial charge >= 0.3 is 0 Å². The van der Waals surface area contributed by atoms with Crippen molar-refractivity contribution in [2.45, 2.75) is 76.7 Å². The van der Waals surface area contributed by atoms with Crippen LogP contribution in [-0.4, -0.2) is 62.6 Å². The summed E-state index contributed by atoms with van der Waals surface area (Å²) in [6.45, 7) is 5.40. The van der Waals surface area contributed by atoms with Crippen LogP contribution >= 0.6 is 0 Å². The molecule has 224 valence electrons. The van der Waals surface area contributed by atoms with Gasteiger partial charge in [-0.25, -0.2) is 9.37 Å². The number of aromatic nitrogens is 2. The number of nitrogens with zero attached hydrogens (tertiary/aromatic N) is 5. The number of carbonyl (C=O) groups excluding carboxylic acids is 3. The summed E-state index contributed by atoms with van der Waals surface area (Å²) in [6, 6.07) is 3.69. The van der Waals surface area contributed by atoms with Crippen LogP contribution < -0.4 is 21.5 Å². The molecule has 42 heavy (non-hydrogen) atoms. The molecule has 0 radical (unpaired) electrons. The molecule has 1 atom stereocenters. The molecule has 3 amide bonds. The normalized spacial score (nSPS) is 22.8. The number of carbonyl (C=O) groups is 3. The van der Waals surface area contributed by atoms with E-state index in [1.165, 1.54) is 28.8 Å². The highest BCUT2D eigenvalue weighted by atomic mass is 19.1. The number of nitrogens with one attached hydrogen (secondary N) is 3. The fourth-order valence-corrected chi connectivity index (χ4v) is 5.83. The van der Waals surface area contributed by atoms with Gasteiger partial charge in [0.25, 0.3) is 11.5 Å². The van der Waals surface area contributed by atoms with Gasteiger partial charge in [-0.05, 0) is 69.6 Å². The summed E-state index contributed by atoms with van der Waals surface area (Å²) in [4.78, 5) is 57.0. The van der Waals surface area contributed by atoms with Crippen LogP contribution in [-0.2, 0) is 28.2 Å². The number of aromatic hydroxyl groups is 1. The number of benzene rings is 1. The SMILES string of the molecule is CNC(=O)C1CN(C(C)(C)C(=O)NC23CCC(CC2)Cn2c3nc(C(=O)NCc3ccc(F)c(C)c3)c(O)c2=O)N=N1. The van der Waals surface area contributed by atoms with E-state index in [1.54, 1.807) is 26.8 Å². The standard InChI is InChI=1S/C28H35FN8O5/c1-15-11-17(5-6-18(15)29)12-31-23(40)20-21(38)24(41)36-13-16-7-9-28(10-8-16,25(36)32-20)33-26(42)27(2,3)37-14-19(34-35-37)22(39)30-4/h5-6,11,16,19,38H,7-10,12-14H2,1-4H3,(H,30,39)(H,31,40)(H,33,42). The first kappa shape index (κ1) is 29.1. The maximum atomic E-state index is 13.8. The van der Waals surface area contributed by atoms with Crippen LogP contribution in [0.15, 0.2) is 33.3 Å². The summed E-state index contributed by atoms with van der Waals surface area (Å²) in [6.07, 6.45) is 2.37. The van der Waals surface area contributed by atoms with Gasteiger partial charge in [-0.15, -0.1) is 0 Å². The van der Waals surface area contributed by atoms with E-state index in [2.05, 4.69) is 31.3 Å². The molecule has 2 bridgehead atoms. The Hall–Kier alpha value is -4.36. The molecule has 2 aromatic rings. The van der Waals surface area contributed by atoms with Gasteiger partial charge in [-0.2, -0.15) is 5.11 Å². The molecule has 1 fully saturated rings. The number of hydrogen-bond donors (Lipinski definition) is 4. The second-order valence-electron chi connectivity index (χ2n) is 11.8. The number of likely N-dealkylation sites (N-methyl/N-ethyl adjacent to an activating group) is 1. The smallest absolute Gasteiger partial charge is 0.296 e. The van der Waals surface area contributed by atoms with Gasteiger partial charge in [0.15, 0.2) is 11.7 Å². The van der Waals surface area contributed by atoms with Crippen molar-refractivity contribution in [1.29, 1.82) is 0 Å². The van der Waals surface area contributed by atoms with Crippen LogP contribution in [0.1, 0.15) is 67.0 Å². The zero-order chi connectivity index (χ0) is 30.4. The zero-order valence-electron chi connectivity index (χ0n) is 24.0. The molecule has 14 heteroatoms. The molecule has 4 heterocycles. The highest BCUT2D eigenvalue weighted by Gasteiger charge is 2.49. The molecule has 3 aliphatic heterocycles. The zero-order valence-corrected chi connectivity index (χ0v) is 24.0. The molecule has 4 N–H and O–H groups in total. The highest BCUT2D eigenvalue weighted by Crippen LogP contribution is 2.43. The third-order valence-electron chi connectivity index (χ3n) is 8.61. The first-order valence-electron chi connectivity index (χ1n) is 14.0. The lowest BCUT2D eigenvalue weighted by Crippen LogP contribution is -2.59. The van der Waals surface area contributed by atoms with Crippen molar-refractivity contribution in [3.63, 3.8) is 0 Å². The minimum Gasteiger partial charge on any atom is -0.501 e. The Morgan fingerprint density at radius 3 is 2.57 bits per heavy atom. The molecule has 1 aromatic heterocycles. The van der Waals surface area contributed by atoms with Crippen LogP contribution in [0.25, 0.3) is 0 Å². The van der Waals surface area contributed by atoms with E-state index in [1.807, 2.05) is 0 Å². The van der Waals surface area contributed by atoms with E-state index in [0.717, 1.165) is 0 Å². The van der Waals surface area contributed by atoms with Crippen molar-refractivity contribution in [3.05, 3.63) is 57.0 Å². The average Bonchev–Trinajstić information content (AvgIpc) is 3.37. The van der Waals surface area contributed by atoms with Crippen LogP contribution in [0.2, 0.25) is 0 Å². The van der Waals surface area contributed by atoms with E-state index in [9.17, 15) is 28.7 Å². The van der Waals surface area contributed by atoms with E-state index >= 15 is 0 Å². The van der Waals surface area contributed by atoms with Gasteiger partial charge in [0.05, 0.1) is 12.1 Å².